The van der Waals surface area contributed by atoms with Gasteiger partial charge in [-0.15, -0.1) is 36.4 Å². The largest absolute Gasteiger partial charge is 0.437 e. The van der Waals surface area contributed by atoms with Crippen molar-refractivity contribution in [3.05, 3.63) is 204 Å². The Morgan fingerprint density at radius 1 is 0.877 bits per heavy atom. The second-order valence-electron chi connectivity index (χ2n) is 14.5. The molecule has 0 aromatic heterocycles. The van der Waals surface area contributed by atoms with Crippen LogP contribution in [-0.2, 0) is 20.7 Å². The summed E-state index contributed by atoms with van der Waals surface area (Å²) in [5.74, 6) is -0.357. The van der Waals surface area contributed by atoms with Crippen LogP contribution in [-0.4, -0.2) is 49.9 Å². The molecular formula is C51H54BCl2F3N2O5U. The molecule has 1 saturated heterocycles. The van der Waals surface area contributed by atoms with Crippen molar-refractivity contribution >= 4 is 43.5 Å². The van der Waals surface area contributed by atoms with Crippen LogP contribution in [0, 0.1) is 60.1 Å². The molecular weight excluding hydrogens is 1100 g/mol. The van der Waals surface area contributed by atoms with Crippen molar-refractivity contribution in [2.75, 3.05) is 18.3 Å². The van der Waals surface area contributed by atoms with E-state index in [0.29, 0.717) is 61.5 Å². The van der Waals surface area contributed by atoms with Gasteiger partial charge >= 0.3 is 6.09 Å². The topological polar surface area (TPSA) is 99.9 Å². The van der Waals surface area contributed by atoms with E-state index >= 15 is 0 Å². The molecule has 0 bridgehead atoms. The summed E-state index contributed by atoms with van der Waals surface area (Å²) in [4.78, 5) is 25.6. The normalized spacial score (nSPS) is 15.5. The van der Waals surface area contributed by atoms with Gasteiger partial charge in [-0.25, -0.2) is 18.0 Å². The van der Waals surface area contributed by atoms with Crippen molar-refractivity contribution < 1.29 is 68.5 Å². The number of amides is 1. The molecule has 0 spiro atoms. The summed E-state index contributed by atoms with van der Waals surface area (Å²) >= 11 is 11.0. The fourth-order valence-corrected chi connectivity index (χ4v) is 7.12. The zero-order chi connectivity index (χ0) is 48.3. The second kappa shape index (κ2) is 30.5. The number of nitrogens with zero attached hydrogens (tertiary/aromatic N) is 2. The summed E-state index contributed by atoms with van der Waals surface area (Å²) < 4.78 is 54.3. The molecule has 1 aliphatic rings. The smallest absolute Gasteiger partial charge is 0.411 e. The van der Waals surface area contributed by atoms with Gasteiger partial charge in [0.25, 0.3) is 6.26 Å². The average Bonchev–Trinajstić information content (AvgIpc) is 3.32. The predicted molar refractivity (Wildman–Crippen MR) is 251 cm³/mol. The minimum Gasteiger partial charge on any atom is -0.437 e. The first-order valence-corrected chi connectivity index (χ1v) is 21.3. The summed E-state index contributed by atoms with van der Waals surface area (Å²) in [7, 11) is 3.75. The fraction of sp³-hybridized carbons (Fsp3) is 0.275. The van der Waals surface area contributed by atoms with Gasteiger partial charge in [0, 0.05) is 82.6 Å². The fourth-order valence-electron chi connectivity index (χ4n) is 6.64. The quantitative estimate of drug-likeness (QED) is 0.0369. The van der Waals surface area contributed by atoms with E-state index < -0.39 is 11.2 Å². The van der Waals surface area contributed by atoms with Crippen molar-refractivity contribution in [2.24, 2.45) is 0 Å². The van der Waals surface area contributed by atoms with E-state index in [4.69, 9.17) is 39.3 Å². The molecule has 2 radical (unpaired) electrons. The number of ether oxygens (including phenoxy) is 2. The maximum absolute atomic E-state index is 13.3. The van der Waals surface area contributed by atoms with Crippen molar-refractivity contribution in [3.8, 4) is 6.26 Å². The summed E-state index contributed by atoms with van der Waals surface area (Å²) in [6.07, 6.45) is 6.81. The second-order valence-corrected chi connectivity index (χ2v) is 15.2. The van der Waals surface area contributed by atoms with Crippen molar-refractivity contribution in [3.63, 3.8) is 0 Å². The van der Waals surface area contributed by atoms with Crippen molar-refractivity contribution in [1.82, 2.24) is 4.90 Å². The molecule has 0 saturated carbocycles. The Hall–Kier alpha value is -4.74. The minimum absolute atomic E-state index is 0. The van der Waals surface area contributed by atoms with Gasteiger partial charge < -0.3 is 19.5 Å². The summed E-state index contributed by atoms with van der Waals surface area (Å²) in [6, 6.07) is 36.9. The number of benzene rings is 5. The summed E-state index contributed by atoms with van der Waals surface area (Å²) in [6.45, 7) is 11.8. The molecule has 4 atom stereocenters. The Morgan fingerprint density at radius 2 is 1.38 bits per heavy atom. The van der Waals surface area contributed by atoms with Gasteiger partial charge in [-0.2, -0.15) is 5.26 Å². The van der Waals surface area contributed by atoms with Crippen LogP contribution in [0.1, 0.15) is 90.7 Å². The van der Waals surface area contributed by atoms with Crippen LogP contribution in [0.25, 0.3) is 0 Å². The Bertz CT molecular complexity index is 2210. The number of carbonyl (C=O) groups is 2. The third kappa shape index (κ3) is 18.6. The molecule has 14 heteroatoms. The van der Waals surface area contributed by atoms with E-state index in [-0.39, 0.29) is 72.6 Å². The van der Waals surface area contributed by atoms with Crippen LogP contribution in [0.4, 0.5) is 18.0 Å². The van der Waals surface area contributed by atoms with E-state index in [9.17, 15) is 27.9 Å². The van der Waals surface area contributed by atoms with Gasteiger partial charge in [0.15, 0.2) is 5.78 Å². The maximum Gasteiger partial charge on any atom is 0.411 e. The van der Waals surface area contributed by atoms with Crippen LogP contribution in [0.15, 0.2) is 159 Å². The van der Waals surface area contributed by atoms with E-state index in [2.05, 4.69) is 21.5 Å². The number of aliphatic hydroxyl groups is 1. The first-order chi connectivity index (χ1) is 31.3. The third-order valence-electron chi connectivity index (χ3n) is 10.2. The third-order valence-corrected chi connectivity index (χ3v) is 10.6. The molecule has 65 heavy (non-hydrogen) atoms. The first kappa shape index (κ1) is 56.4. The zero-order valence-corrected chi connectivity index (χ0v) is 42.2. The minimum atomic E-state index is -1.03. The van der Waals surface area contributed by atoms with Gasteiger partial charge in [0.2, 0.25) is 0 Å². The first-order valence-electron chi connectivity index (χ1n) is 20.8. The zero-order valence-electron chi connectivity index (χ0n) is 37.5. The average molecular weight is 1150 g/mol. The van der Waals surface area contributed by atoms with E-state index in [0.717, 1.165) is 16.7 Å². The molecule has 0 aliphatic carbocycles. The van der Waals surface area contributed by atoms with Gasteiger partial charge in [-0.3, -0.25) is 4.79 Å². The number of nitriles is 1. The molecule has 6 rings (SSSR count). The van der Waals surface area contributed by atoms with Gasteiger partial charge in [-0.05, 0) is 98.8 Å². The number of rotatable bonds is 15. The molecule has 1 heterocycles. The van der Waals surface area contributed by atoms with Gasteiger partial charge in [0.1, 0.15) is 29.2 Å². The Morgan fingerprint density at radius 3 is 1.85 bits per heavy atom. The number of halogens is 5. The van der Waals surface area contributed by atoms with Crippen LogP contribution >= 0.6 is 23.2 Å². The molecule has 1 aliphatic heterocycles. The number of carbonyl (C=O) groups excluding carboxylic acids is 2. The summed E-state index contributed by atoms with van der Waals surface area (Å²) in [5, 5.41) is 18.5. The van der Waals surface area contributed by atoms with E-state index in [1.165, 1.54) is 48.5 Å². The van der Waals surface area contributed by atoms with Crippen LogP contribution in [0.2, 0.25) is 0 Å². The molecule has 1 amide bonds. The molecule has 5 aromatic carbocycles. The number of Topliss-reactive ketones (excluding diaryl/α,β-unsaturated/α-hetero) is 1. The maximum atomic E-state index is 13.3. The van der Waals surface area contributed by atoms with E-state index in [1.807, 2.05) is 74.5 Å². The number of alkyl halides is 2. The standard InChI is InChI=1S/C21H22FNO2.C12H14ClFO.C9H8ClFO.C9H9NO.BH.U/c1-3-13-21(18-9-11-19(22)12-10-18)14-15-23(20(24)25-21)16(2)17-7-5-4-6-8-17;1-2-7-12(15,8-9-13)10-3-5-11(14)6-4-10;10-6-5-9(12)7-1-3-8(11)4-2-7;1-8(11-7-10)9-5-3-2-4-6-9;;/h3-12,16H,1,13-15H2,2H3;2-6,15H,1,7-9H2;1-4H,5-6H2;2-6,8H,1H3;1H;/t16-,21?;;;8-;;/m0..0../s1/i;;;;1D;. The molecule has 1 N–H and O–H groups in total. The number of cyclic esters (lactones) is 1. The molecule has 7 nitrogen and oxygen atoms in total. The predicted octanol–water partition coefficient (Wildman–Crippen LogP) is 12.7. The van der Waals surface area contributed by atoms with Crippen LogP contribution in [0.5, 0.6) is 0 Å². The SMILES string of the molecule is C=CCC(O)(CCCl)c1ccc(F)cc1.C=CCC1(c2ccc(F)cc2)CCN([C@@H](C)c2ccccc2)C(=O)O1.C[C@H](OC#N)c1ccccc1.O=C(CCCl)c1ccc(F)cc1.[2H][B].[U]. The monoisotopic (exact) mass is 1150 g/mol. The molecule has 5 aromatic rings. The van der Waals surface area contributed by atoms with E-state index in [1.54, 1.807) is 47.6 Å². The van der Waals surface area contributed by atoms with Crippen molar-refractivity contribution in [1.29, 1.82) is 6.60 Å². The Balaban J connectivity index is 0.000000459. The number of hydrogen-bond acceptors (Lipinski definition) is 6. The molecule has 1 fully saturated rings. The number of ketones is 1. The molecule has 340 valence electrons. The van der Waals surface area contributed by atoms with Crippen molar-refractivity contribution in [2.45, 2.75) is 69.3 Å². The molecule has 2 unspecified atom stereocenters. The Labute approximate surface area is 418 Å². The Kier molecular flexibility index (Phi) is 26.4. The van der Waals surface area contributed by atoms with Gasteiger partial charge in [0.05, 0.1) is 11.6 Å². The summed E-state index contributed by atoms with van der Waals surface area (Å²) in [5.41, 5.74) is 2.26. The van der Waals surface area contributed by atoms with Gasteiger partial charge in [-0.1, -0.05) is 97.1 Å². The van der Waals surface area contributed by atoms with Crippen LogP contribution < -0.4 is 0 Å². The number of hydrogen-bond donors (Lipinski definition) is 1. The van der Waals surface area contributed by atoms with Crippen LogP contribution in [0.3, 0.4) is 0 Å².